The molecule has 4 nitrogen and oxygen atoms in total. The normalized spacial score (nSPS) is 12.4. The lowest BCUT2D eigenvalue weighted by atomic mass is 9.93. The molecule has 2 N–H and O–H groups in total. The minimum absolute atomic E-state index is 0.333. The minimum Gasteiger partial charge on any atom is -0.319 e. The Bertz CT molecular complexity index is 286. The van der Waals surface area contributed by atoms with E-state index >= 15 is 0 Å². The summed E-state index contributed by atoms with van der Waals surface area (Å²) >= 11 is 0. The molecule has 80 valence electrons. The predicted molar refractivity (Wildman–Crippen MR) is 56.9 cm³/mol. The molecule has 0 amide bonds. The van der Waals surface area contributed by atoms with Crippen LogP contribution in [0.25, 0.3) is 0 Å². The van der Waals surface area contributed by atoms with E-state index in [4.69, 9.17) is 5.73 Å². The van der Waals surface area contributed by atoms with Crippen LogP contribution < -0.4 is 5.73 Å². The molecule has 0 aliphatic carbocycles. The van der Waals surface area contributed by atoms with Crippen molar-refractivity contribution in [2.45, 2.75) is 52.1 Å². The topological polar surface area (TPSA) is 56.7 Å². The van der Waals surface area contributed by atoms with Crippen LogP contribution >= 0.6 is 0 Å². The van der Waals surface area contributed by atoms with Gasteiger partial charge in [0.05, 0.1) is 5.54 Å². The smallest absolute Gasteiger partial charge is 0.153 e. The summed E-state index contributed by atoms with van der Waals surface area (Å²) in [6.45, 7) is 8.39. The summed E-state index contributed by atoms with van der Waals surface area (Å²) < 4.78 is 2.05. The highest BCUT2D eigenvalue weighted by atomic mass is 15.3. The first-order valence-electron chi connectivity index (χ1n) is 5.24. The third kappa shape index (κ3) is 1.80. The van der Waals surface area contributed by atoms with Crippen molar-refractivity contribution in [1.82, 2.24) is 14.8 Å². The number of rotatable bonds is 4. The fourth-order valence-corrected chi connectivity index (χ4v) is 1.54. The number of nitrogens with two attached hydrogens (primary N) is 1. The molecular formula is C10H20N4. The third-order valence-electron chi connectivity index (χ3n) is 2.84. The lowest BCUT2D eigenvalue weighted by Gasteiger charge is -2.27. The van der Waals surface area contributed by atoms with Gasteiger partial charge in [-0.15, -0.1) is 10.2 Å². The molecule has 1 heterocycles. The van der Waals surface area contributed by atoms with Crippen LogP contribution in [0.15, 0.2) is 6.33 Å². The Morgan fingerprint density at radius 2 is 2.00 bits per heavy atom. The van der Waals surface area contributed by atoms with Crippen molar-refractivity contribution >= 4 is 0 Å². The number of nitrogens with zero attached hydrogens (tertiary/aromatic N) is 3. The Balaban J connectivity index is 3.10. The van der Waals surface area contributed by atoms with E-state index in [0.717, 1.165) is 18.7 Å². The maximum absolute atomic E-state index is 6.28. The fraction of sp³-hybridized carbons (Fsp3) is 0.800. The summed E-state index contributed by atoms with van der Waals surface area (Å²) in [7, 11) is 0. The molecule has 0 fully saturated rings. The van der Waals surface area contributed by atoms with Crippen molar-refractivity contribution in [3.8, 4) is 0 Å². The molecule has 0 aliphatic rings. The zero-order valence-corrected chi connectivity index (χ0v) is 9.49. The van der Waals surface area contributed by atoms with Crippen LogP contribution in [-0.2, 0) is 5.54 Å². The first-order chi connectivity index (χ1) is 6.55. The molecular weight excluding hydrogens is 176 g/mol. The van der Waals surface area contributed by atoms with Gasteiger partial charge in [0.25, 0.3) is 0 Å². The van der Waals surface area contributed by atoms with E-state index in [1.54, 1.807) is 6.33 Å². The summed E-state index contributed by atoms with van der Waals surface area (Å²) in [5.41, 5.74) is 5.95. The molecule has 0 saturated heterocycles. The van der Waals surface area contributed by atoms with Gasteiger partial charge in [0.1, 0.15) is 6.33 Å². The second kappa shape index (κ2) is 4.09. The summed E-state index contributed by atoms with van der Waals surface area (Å²) in [5.74, 6) is 0.900. The molecule has 0 aliphatic heterocycles. The molecule has 0 atom stereocenters. The first kappa shape index (κ1) is 11.2. The fourth-order valence-electron chi connectivity index (χ4n) is 1.54. The third-order valence-corrected chi connectivity index (χ3v) is 2.84. The van der Waals surface area contributed by atoms with Crippen molar-refractivity contribution in [2.75, 3.05) is 0 Å². The highest BCUT2D eigenvalue weighted by Gasteiger charge is 2.29. The molecule has 4 heteroatoms. The number of aromatic nitrogens is 3. The highest BCUT2D eigenvalue weighted by Crippen LogP contribution is 2.25. The molecule has 1 aromatic rings. The first-order valence-corrected chi connectivity index (χ1v) is 5.24. The van der Waals surface area contributed by atoms with Crippen LogP contribution in [0.5, 0.6) is 0 Å². The second-order valence-electron chi connectivity index (χ2n) is 4.02. The maximum atomic E-state index is 6.28. The maximum Gasteiger partial charge on any atom is 0.153 e. The molecule has 0 saturated carbocycles. The highest BCUT2D eigenvalue weighted by molar-refractivity contribution is 5.05. The predicted octanol–water partition coefficient (Wildman–Crippen LogP) is 1.83. The molecule has 14 heavy (non-hydrogen) atoms. The number of hydrogen-bond donors (Lipinski definition) is 1. The van der Waals surface area contributed by atoms with Crippen LogP contribution in [-0.4, -0.2) is 14.8 Å². The molecule has 0 radical (unpaired) electrons. The lowest BCUT2D eigenvalue weighted by Crippen LogP contribution is -2.38. The average Bonchev–Trinajstić information content (AvgIpc) is 2.65. The zero-order valence-electron chi connectivity index (χ0n) is 9.49. The summed E-state index contributed by atoms with van der Waals surface area (Å²) in [6, 6.07) is 0.362. The van der Waals surface area contributed by atoms with E-state index in [1.165, 1.54) is 0 Å². The van der Waals surface area contributed by atoms with Gasteiger partial charge in [-0.05, 0) is 26.7 Å². The molecule has 0 bridgehead atoms. The van der Waals surface area contributed by atoms with Gasteiger partial charge in [-0.1, -0.05) is 13.8 Å². The standard InChI is InChI=1S/C10H20N4/c1-5-10(11,6-2)9-13-12-7-14(9)8(3)4/h7-8H,5-6,11H2,1-4H3. The largest absolute Gasteiger partial charge is 0.319 e. The Kier molecular flexibility index (Phi) is 3.26. The van der Waals surface area contributed by atoms with Crippen molar-refractivity contribution < 1.29 is 0 Å². The quantitative estimate of drug-likeness (QED) is 0.799. The van der Waals surface area contributed by atoms with E-state index < -0.39 is 0 Å². The monoisotopic (exact) mass is 196 g/mol. The van der Waals surface area contributed by atoms with Gasteiger partial charge in [-0.3, -0.25) is 0 Å². The van der Waals surface area contributed by atoms with Crippen LogP contribution in [0.1, 0.15) is 52.4 Å². The molecule has 1 rings (SSSR count). The Hall–Kier alpha value is -0.900. The van der Waals surface area contributed by atoms with E-state index in [0.29, 0.717) is 6.04 Å². The molecule has 1 aromatic heterocycles. The second-order valence-corrected chi connectivity index (χ2v) is 4.02. The Labute approximate surface area is 85.5 Å². The molecule has 0 spiro atoms. The van der Waals surface area contributed by atoms with Crippen LogP contribution in [0, 0.1) is 0 Å². The average molecular weight is 196 g/mol. The van der Waals surface area contributed by atoms with Gasteiger partial charge in [0.15, 0.2) is 5.82 Å². The lowest BCUT2D eigenvalue weighted by molar-refractivity contribution is 0.358. The van der Waals surface area contributed by atoms with Gasteiger partial charge in [-0.2, -0.15) is 0 Å². The molecule has 0 aromatic carbocycles. The summed E-state index contributed by atoms with van der Waals surface area (Å²) in [5, 5.41) is 8.08. The van der Waals surface area contributed by atoms with Crippen LogP contribution in [0.4, 0.5) is 0 Å². The van der Waals surface area contributed by atoms with E-state index in [9.17, 15) is 0 Å². The summed E-state index contributed by atoms with van der Waals surface area (Å²) in [4.78, 5) is 0. The Morgan fingerprint density at radius 3 is 2.43 bits per heavy atom. The van der Waals surface area contributed by atoms with Crippen molar-refractivity contribution in [1.29, 1.82) is 0 Å². The Morgan fingerprint density at radius 1 is 1.43 bits per heavy atom. The van der Waals surface area contributed by atoms with Gasteiger partial charge in [0, 0.05) is 6.04 Å². The van der Waals surface area contributed by atoms with Crippen molar-refractivity contribution in [3.05, 3.63) is 12.2 Å². The van der Waals surface area contributed by atoms with Crippen LogP contribution in [0.2, 0.25) is 0 Å². The zero-order chi connectivity index (χ0) is 10.8. The van der Waals surface area contributed by atoms with E-state index in [-0.39, 0.29) is 5.54 Å². The van der Waals surface area contributed by atoms with E-state index in [1.807, 2.05) is 4.57 Å². The number of hydrogen-bond acceptors (Lipinski definition) is 3. The minimum atomic E-state index is -0.333. The van der Waals surface area contributed by atoms with Gasteiger partial charge in [0.2, 0.25) is 0 Å². The van der Waals surface area contributed by atoms with Gasteiger partial charge in [-0.25, -0.2) is 0 Å². The van der Waals surface area contributed by atoms with Crippen LogP contribution in [0.3, 0.4) is 0 Å². The van der Waals surface area contributed by atoms with Crippen molar-refractivity contribution in [2.24, 2.45) is 5.73 Å². The van der Waals surface area contributed by atoms with Gasteiger partial charge < -0.3 is 10.3 Å². The van der Waals surface area contributed by atoms with E-state index in [2.05, 4.69) is 37.9 Å². The SMILES string of the molecule is CCC(N)(CC)c1nncn1C(C)C. The van der Waals surface area contributed by atoms with Crippen molar-refractivity contribution in [3.63, 3.8) is 0 Å². The summed E-state index contributed by atoms with van der Waals surface area (Å²) in [6.07, 6.45) is 3.52. The molecule has 0 unspecified atom stereocenters. The van der Waals surface area contributed by atoms with Gasteiger partial charge >= 0.3 is 0 Å².